The number of anilines is 1. The zero-order valence-corrected chi connectivity index (χ0v) is 12.6. The van der Waals surface area contributed by atoms with Crippen molar-refractivity contribution < 1.29 is 14.6 Å². The number of carbonyl (C=O) groups excluding carboxylic acids is 1. The Balaban J connectivity index is 2.07. The van der Waals surface area contributed by atoms with E-state index >= 15 is 0 Å². The number of rotatable bonds is 5. The summed E-state index contributed by atoms with van der Waals surface area (Å²) in [6, 6.07) is 0.191. The molecule has 0 aliphatic heterocycles. The molecule has 0 amide bonds. The lowest BCUT2D eigenvalue weighted by atomic mass is 9.85. The van der Waals surface area contributed by atoms with Crippen molar-refractivity contribution in [2.45, 2.75) is 45.6 Å². The van der Waals surface area contributed by atoms with Crippen LogP contribution in [0.25, 0.3) is 0 Å². The molecule has 2 rings (SSSR count). The molecule has 1 aromatic rings. The van der Waals surface area contributed by atoms with E-state index in [1.807, 2.05) is 0 Å². The number of aliphatic hydroxyl groups is 1. The Hall–Kier alpha value is -1.69. The van der Waals surface area contributed by atoms with Crippen molar-refractivity contribution in [2.75, 3.05) is 18.5 Å². The summed E-state index contributed by atoms with van der Waals surface area (Å²) in [6.07, 6.45) is 5.83. The Morgan fingerprint density at radius 1 is 1.48 bits per heavy atom. The minimum atomic E-state index is -0.396. The fourth-order valence-electron chi connectivity index (χ4n) is 2.73. The SMILES string of the molecule is CCOC(=O)c1cnc(NC2CCCCC2CO)nc1C. The second-order valence-electron chi connectivity index (χ2n) is 5.39. The highest BCUT2D eigenvalue weighted by Crippen LogP contribution is 2.26. The molecule has 116 valence electrons. The summed E-state index contributed by atoms with van der Waals surface area (Å²) in [4.78, 5) is 20.2. The smallest absolute Gasteiger partial charge is 0.341 e. The summed E-state index contributed by atoms with van der Waals surface area (Å²) in [5.41, 5.74) is 0.993. The van der Waals surface area contributed by atoms with Crippen LogP contribution in [0.5, 0.6) is 0 Å². The molecule has 0 radical (unpaired) electrons. The zero-order chi connectivity index (χ0) is 15.2. The van der Waals surface area contributed by atoms with E-state index in [4.69, 9.17) is 4.74 Å². The van der Waals surface area contributed by atoms with Gasteiger partial charge in [0, 0.05) is 24.8 Å². The summed E-state index contributed by atoms with van der Waals surface area (Å²) in [5, 5.41) is 12.7. The number of aromatic nitrogens is 2. The molecule has 6 nitrogen and oxygen atoms in total. The molecule has 2 unspecified atom stereocenters. The molecule has 2 N–H and O–H groups in total. The van der Waals surface area contributed by atoms with Gasteiger partial charge >= 0.3 is 5.97 Å². The van der Waals surface area contributed by atoms with E-state index in [0.29, 0.717) is 23.8 Å². The number of carbonyl (C=O) groups is 1. The average molecular weight is 293 g/mol. The van der Waals surface area contributed by atoms with Gasteiger partial charge in [-0.15, -0.1) is 0 Å². The molecule has 0 saturated heterocycles. The Kier molecular flexibility index (Phi) is 5.50. The molecular weight excluding hydrogens is 270 g/mol. The van der Waals surface area contributed by atoms with Crippen LogP contribution in [0.3, 0.4) is 0 Å². The predicted molar refractivity (Wildman–Crippen MR) is 79.2 cm³/mol. The standard InChI is InChI=1S/C15H23N3O3/c1-3-21-14(20)12-8-16-15(17-10(12)2)18-13-7-5-4-6-11(13)9-19/h8,11,13,19H,3-7,9H2,1-2H3,(H,16,17,18). The minimum absolute atomic E-state index is 0.178. The lowest BCUT2D eigenvalue weighted by Gasteiger charge is -2.30. The Bertz CT molecular complexity index is 493. The highest BCUT2D eigenvalue weighted by atomic mass is 16.5. The van der Waals surface area contributed by atoms with Gasteiger partial charge in [0.25, 0.3) is 0 Å². The summed E-state index contributed by atoms with van der Waals surface area (Å²) in [6.45, 7) is 4.04. The first-order valence-corrected chi connectivity index (χ1v) is 7.53. The van der Waals surface area contributed by atoms with Gasteiger partial charge in [-0.2, -0.15) is 0 Å². The summed E-state index contributed by atoms with van der Waals surface area (Å²) in [5.74, 6) is 0.353. The number of esters is 1. The van der Waals surface area contributed by atoms with Gasteiger partial charge in [-0.3, -0.25) is 0 Å². The quantitative estimate of drug-likeness (QED) is 0.807. The van der Waals surface area contributed by atoms with Crippen molar-refractivity contribution in [1.82, 2.24) is 9.97 Å². The van der Waals surface area contributed by atoms with E-state index in [1.54, 1.807) is 13.8 Å². The molecule has 6 heteroatoms. The van der Waals surface area contributed by atoms with Crippen molar-refractivity contribution in [2.24, 2.45) is 5.92 Å². The van der Waals surface area contributed by atoms with Crippen LogP contribution in [-0.4, -0.2) is 40.3 Å². The van der Waals surface area contributed by atoms with Crippen LogP contribution in [0.4, 0.5) is 5.95 Å². The number of nitrogens with zero attached hydrogens (tertiary/aromatic N) is 2. The van der Waals surface area contributed by atoms with E-state index in [0.717, 1.165) is 25.7 Å². The van der Waals surface area contributed by atoms with Gasteiger partial charge in [0.2, 0.25) is 5.95 Å². The first kappa shape index (κ1) is 15.7. The molecular formula is C15H23N3O3. The molecule has 0 aromatic carbocycles. The summed E-state index contributed by atoms with van der Waals surface area (Å²) >= 11 is 0. The van der Waals surface area contributed by atoms with Gasteiger partial charge in [-0.1, -0.05) is 12.8 Å². The van der Waals surface area contributed by atoms with Crippen molar-refractivity contribution in [3.63, 3.8) is 0 Å². The van der Waals surface area contributed by atoms with Gasteiger partial charge in [0.1, 0.15) is 0 Å². The average Bonchev–Trinajstić information content (AvgIpc) is 2.48. The Labute approximate surface area is 124 Å². The normalized spacial score (nSPS) is 21.9. The molecule has 0 bridgehead atoms. The number of hydrogen-bond acceptors (Lipinski definition) is 6. The topological polar surface area (TPSA) is 84.3 Å². The van der Waals surface area contributed by atoms with Crippen molar-refractivity contribution in [3.8, 4) is 0 Å². The predicted octanol–water partition coefficient (Wildman–Crippen LogP) is 1.92. The first-order chi connectivity index (χ1) is 10.2. The molecule has 2 atom stereocenters. The van der Waals surface area contributed by atoms with Crippen LogP contribution >= 0.6 is 0 Å². The highest BCUT2D eigenvalue weighted by molar-refractivity contribution is 5.90. The van der Waals surface area contributed by atoms with E-state index in [-0.39, 0.29) is 18.6 Å². The van der Waals surface area contributed by atoms with Crippen LogP contribution in [-0.2, 0) is 4.74 Å². The number of ether oxygens (including phenoxy) is 1. The van der Waals surface area contributed by atoms with Gasteiger partial charge in [-0.05, 0) is 26.7 Å². The third kappa shape index (κ3) is 3.91. The van der Waals surface area contributed by atoms with Crippen LogP contribution in [0.15, 0.2) is 6.20 Å². The maximum atomic E-state index is 11.7. The van der Waals surface area contributed by atoms with E-state index in [2.05, 4.69) is 15.3 Å². The van der Waals surface area contributed by atoms with Gasteiger partial charge < -0.3 is 15.2 Å². The zero-order valence-electron chi connectivity index (χ0n) is 12.6. The second-order valence-corrected chi connectivity index (χ2v) is 5.39. The number of aliphatic hydroxyl groups excluding tert-OH is 1. The van der Waals surface area contributed by atoms with Crippen LogP contribution in [0.2, 0.25) is 0 Å². The maximum Gasteiger partial charge on any atom is 0.341 e. The second kappa shape index (κ2) is 7.36. The molecule has 1 fully saturated rings. The fraction of sp³-hybridized carbons (Fsp3) is 0.667. The van der Waals surface area contributed by atoms with E-state index in [1.165, 1.54) is 6.20 Å². The monoisotopic (exact) mass is 293 g/mol. The largest absolute Gasteiger partial charge is 0.462 e. The Morgan fingerprint density at radius 3 is 2.90 bits per heavy atom. The molecule has 1 saturated carbocycles. The van der Waals surface area contributed by atoms with Crippen molar-refractivity contribution in [1.29, 1.82) is 0 Å². The lowest BCUT2D eigenvalue weighted by molar-refractivity contribution is 0.0524. The third-order valence-corrected chi connectivity index (χ3v) is 3.93. The lowest BCUT2D eigenvalue weighted by Crippen LogP contribution is -2.35. The molecule has 1 aliphatic rings. The minimum Gasteiger partial charge on any atom is -0.462 e. The molecule has 1 aromatic heterocycles. The van der Waals surface area contributed by atoms with Gasteiger partial charge in [0.05, 0.1) is 17.9 Å². The van der Waals surface area contributed by atoms with E-state index < -0.39 is 5.97 Å². The summed E-state index contributed by atoms with van der Waals surface area (Å²) < 4.78 is 4.96. The first-order valence-electron chi connectivity index (χ1n) is 7.53. The van der Waals surface area contributed by atoms with Gasteiger partial charge in [0.15, 0.2) is 0 Å². The number of nitrogens with one attached hydrogen (secondary N) is 1. The van der Waals surface area contributed by atoms with Crippen molar-refractivity contribution in [3.05, 3.63) is 17.5 Å². The van der Waals surface area contributed by atoms with Crippen LogP contribution in [0.1, 0.15) is 48.7 Å². The van der Waals surface area contributed by atoms with Crippen molar-refractivity contribution >= 4 is 11.9 Å². The molecule has 1 aliphatic carbocycles. The van der Waals surface area contributed by atoms with Crippen LogP contribution < -0.4 is 5.32 Å². The third-order valence-electron chi connectivity index (χ3n) is 3.93. The highest BCUT2D eigenvalue weighted by Gasteiger charge is 2.25. The van der Waals surface area contributed by atoms with Crippen LogP contribution in [0, 0.1) is 12.8 Å². The summed E-state index contributed by atoms with van der Waals surface area (Å²) in [7, 11) is 0. The molecule has 21 heavy (non-hydrogen) atoms. The number of hydrogen-bond donors (Lipinski definition) is 2. The fourth-order valence-corrected chi connectivity index (χ4v) is 2.73. The van der Waals surface area contributed by atoms with Gasteiger partial charge in [-0.25, -0.2) is 14.8 Å². The molecule has 1 heterocycles. The Morgan fingerprint density at radius 2 is 2.24 bits per heavy atom. The number of aryl methyl sites for hydroxylation is 1. The molecule has 0 spiro atoms. The van der Waals surface area contributed by atoms with E-state index in [9.17, 15) is 9.90 Å². The maximum absolute atomic E-state index is 11.7.